The van der Waals surface area contributed by atoms with E-state index < -0.39 is 0 Å². The second-order valence-corrected chi connectivity index (χ2v) is 7.60. The lowest BCUT2D eigenvalue weighted by Crippen LogP contribution is -2.02. The predicted octanol–water partition coefficient (Wildman–Crippen LogP) is 8.06. The molecule has 0 aliphatic heterocycles. The summed E-state index contributed by atoms with van der Waals surface area (Å²) in [5.41, 5.74) is 0. The van der Waals surface area contributed by atoms with Gasteiger partial charge in [0.15, 0.2) is 0 Å². The van der Waals surface area contributed by atoms with Gasteiger partial charge in [0.1, 0.15) is 17.2 Å². The Labute approximate surface area is 184 Å². The number of unbranched alkanes of at least 4 members (excludes halogenated alkanes) is 9. The van der Waals surface area contributed by atoms with E-state index in [9.17, 15) is 0 Å². The van der Waals surface area contributed by atoms with E-state index >= 15 is 0 Å². The summed E-state index contributed by atoms with van der Waals surface area (Å²) in [6.07, 6.45) is 19.2. The van der Waals surface area contributed by atoms with Gasteiger partial charge in [-0.25, -0.2) is 0 Å². The molecule has 0 spiro atoms. The van der Waals surface area contributed by atoms with Gasteiger partial charge in [0.2, 0.25) is 0 Å². The number of rotatable bonds is 21. The molecule has 3 nitrogen and oxygen atoms in total. The fraction of sp³-hybridized carbons (Fsp3) is 0.556. The third-order valence-electron chi connectivity index (χ3n) is 4.82. The maximum atomic E-state index is 5.98. The minimum Gasteiger partial charge on any atom is -0.493 e. The average Bonchev–Trinajstić information content (AvgIpc) is 2.75. The summed E-state index contributed by atoms with van der Waals surface area (Å²) in [5, 5.41) is 0. The molecule has 0 amide bonds. The molecule has 168 valence electrons. The van der Waals surface area contributed by atoms with Crippen LogP contribution in [-0.2, 0) is 0 Å². The van der Waals surface area contributed by atoms with Crippen molar-refractivity contribution in [1.29, 1.82) is 0 Å². The van der Waals surface area contributed by atoms with E-state index in [1.807, 2.05) is 36.4 Å². The Kier molecular flexibility index (Phi) is 16.3. The summed E-state index contributed by atoms with van der Waals surface area (Å²) in [7, 11) is 0. The highest BCUT2D eigenvalue weighted by molar-refractivity contribution is 5.42. The monoisotopic (exact) mass is 414 g/mol. The van der Waals surface area contributed by atoms with Crippen LogP contribution in [0.2, 0.25) is 0 Å². The molecule has 1 rings (SSSR count). The van der Waals surface area contributed by atoms with Gasteiger partial charge in [-0.1, -0.05) is 18.2 Å². The van der Waals surface area contributed by atoms with Gasteiger partial charge in [0, 0.05) is 18.2 Å². The van der Waals surface area contributed by atoms with E-state index in [0.717, 1.165) is 75.0 Å². The highest BCUT2D eigenvalue weighted by Crippen LogP contribution is 2.28. The van der Waals surface area contributed by atoms with Crippen molar-refractivity contribution < 1.29 is 14.2 Å². The molecule has 3 heteroatoms. The molecule has 0 heterocycles. The van der Waals surface area contributed by atoms with E-state index in [1.54, 1.807) is 0 Å². The standard InChI is InChI=1S/C27H42O3/c1-4-7-10-13-16-19-28-25-22-26(29-20-17-14-11-8-5-2)24-27(23-25)30-21-18-15-12-9-6-3/h4-6,22-24H,1-3,7-21H2. The Hall–Kier alpha value is -2.16. The number of ether oxygens (including phenoxy) is 3. The average molecular weight is 415 g/mol. The lowest BCUT2D eigenvalue weighted by molar-refractivity contribution is 0.276. The van der Waals surface area contributed by atoms with Crippen LogP contribution in [0.15, 0.2) is 56.2 Å². The first-order valence-electron chi connectivity index (χ1n) is 11.7. The maximum absolute atomic E-state index is 5.98. The molecule has 30 heavy (non-hydrogen) atoms. The van der Waals surface area contributed by atoms with Crippen LogP contribution in [0.3, 0.4) is 0 Å². The number of benzene rings is 1. The molecular weight excluding hydrogens is 372 g/mol. The lowest BCUT2D eigenvalue weighted by Gasteiger charge is -2.13. The summed E-state index contributed by atoms with van der Waals surface area (Å²) in [6, 6.07) is 5.93. The van der Waals surface area contributed by atoms with Crippen molar-refractivity contribution in [3.63, 3.8) is 0 Å². The molecule has 1 aromatic carbocycles. The first-order chi connectivity index (χ1) is 14.8. The molecule has 0 N–H and O–H groups in total. The van der Waals surface area contributed by atoms with E-state index in [1.165, 1.54) is 19.3 Å². The summed E-state index contributed by atoms with van der Waals surface area (Å²) in [4.78, 5) is 0. The molecule has 0 bridgehead atoms. The number of allylic oxidation sites excluding steroid dienone is 3. The molecule has 0 aliphatic carbocycles. The number of hydrogen-bond donors (Lipinski definition) is 0. The van der Waals surface area contributed by atoms with Gasteiger partial charge in [-0.15, -0.1) is 19.7 Å². The Morgan fingerprint density at radius 2 is 0.767 bits per heavy atom. The van der Waals surface area contributed by atoms with Crippen LogP contribution in [0.5, 0.6) is 17.2 Å². The largest absolute Gasteiger partial charge is 0.493 e. The van der Waals surface area contributed by atoms with Gasteiger partial charge in [0.05, 0.1) is 19.8 Å². The van der Waals surface area contributed by atoms with Crippen molar-refractivity contribution in [2.75, 3.05) is 19.8 Å². The minimum absolute atomic E-state index is 0.711. The molecule has 0 unspecified atom stereocenters. The Balaban J connectivity index is 2.50. The van der Waals surface area contributed by atoms with Crippen LogP contribution >= 0.6 is 0 Å². The SMILES string of the molecule is C=CCCCCCOc1cc(OCCCCCC=C)cc(OCCCCCC=C)c1. The molecule has 0 saturated heterocycles. The molecular formula is C27H42O3. The van der Waals surface area contributed by atoms with E-state index in [-0.39, 0.29) is 0 Å². The first-order valence-corrected chi connectivity index (χ1v) is 11.7. The third-order valence-corrected chi connectivity index (χ3v) is 4.82. The Bertz CT molecular complexity index is 486. The zero-order valence-corrected chi connectivity index (χ0v) is 18.9. The van der Waals surface area contributed by atoms with Crippen LogP contribution in [0.25, 0.3) is 0 Å². The lowest BCUT2D eigenvalue weighted by atomic mass is 10.2. The van der Waals surface area contributed by atoms with Gasteiger partial charge in [-0.3, -0.25) is 0 Å². The van der Waals surface area contributed by atoms with E-state index in [0.29, 0.717) is 19.8 Å². The van der Waals surface area contributed by atoms with Gasteiger partial charge in [0.25, 0.3) is 0 Å². The highest BCUT2D eigenvalue weighted by atomic mass is 16.5. The second-order valence-electron chi connectivity index (χ2n) is 7.60. The zero-order chi connectivity index (χ0) is 21.7. The summed E-state index contributed by atoms with van der Waals surface area (Å²) < 4.78 is 17.9. The van der Waals surface area contributed by atoms with Crippen molar-refractivity contribution >= 4 is 0 Å². The van der Waals surface area contributed by atoms with E-state index in [2.05, 4.69) is 19.7 Å². The maximum Gasteiger partial charge on any atom is 0.126 e. The van der Waals surface area contributed by atoms with Crippen molar-refractivity contribution in [2.24, 2.45) is 0 Å². The fourth-order valence-electron chi connectivity index (χ4n) is 3.07. The van der Waals surface area contributed by atoms with Crippen LogP contribution in [-0.4, -0.2) is 19.8 Å². The van der Waals surface area contributed by atoms with Gasteiger partial charge in [-0.2, -0.15) is 0 Å². The zero-order valence-electron chi connectivity index (χ0n) is 18.9. The van der Waals surface area contributed by atoms with Crippen LogP contribution < -0.4 is 14.2 Å². The van der Waals surface area contributed by atoms with Crippen molar-refractivity contribution in [3.05, 3.63) is 56.2 Å². The van der Waals surface area contributed by atoms with Gasteiger partial charge < -0.3 is 14.2 Å². The Morgan fingerprint density at radius 1 is 0.467 bits per heavy atom. The molecule has 0 atom stereocenters. The van der Waals surface area contributed by atoms with Crippen molar-refractivity contribution in [3.8, 4) is 17.2 Å². The second kappa shape index (κ2) is 18.8. The molecule has 0 fully saturated rings. The predicted molar refractivity (Wildman–Crippen MR) is 129 cm³/mol. The fourth-order valence-corrected chi connectivity index (χ4v) is 3.07. The normalized spacial score (nSPS) is 10.4. The molecule has 0 saturated carbocycles. The number of hydrogen-bond acceptors (Lipinski definition) is 3. The third kappa shape index (κ3) is 13.9. The Morgan fingerprint density at radius 3 is 1.03 bits per heavy atom. The van der Waals surface area contributed by atoms with Crippen molar-refractivity contribution in [2.45, 2.75) is 77.0 Å². The first kappa shape index (κ1) is 25.9. The van der Waals surface area contributed by atoms with Crippen LogP contribution in [0.1, 0.15) is 77.0 Å². The summed E-state index contributed by atoms with van der Waals surface area (Å²) >= 11 is 0. The molecule has 0 aliphatic rings. The smallest absolute Gasteiger partial charge is 0.126 e. The van der Waals surface area contributed by atoms with Gasteiger partial charge >= 0.3 is 0 Å². The molecule has 0 radical (unpaired) electrons. The minimum atomic E-state index is 0.711. The topological polar surface area (TPSA) is 27.7 Å². The van der Waals surface area contributed by atoms with E-state index in [4.69, 9.17) is 14.2 Å². The summed E-state index contributed by atoms with van der Waals surface area (Å²) in [6.45, 7) is 13.4. The van der Waals surface area contributed by atoms with Gasteiger partial charge in [-0.05, 0) is 77.0 Å². The summed E-state index contributed by atoms with van der Waals surface area (Å²) in [5.74, 6) is 2.47. The van der Waals surface area contributed by atoms with Crippen LogP contribution in [0.4, 0.5) is 0 Å². The van der Waals surface area contributed by atoms with Crippen LogP contribution in [0, 0.1) is 0 Å². The molecule has 0 aromatic heterocycles. The molecule has 1 aromatic rings. The quantitative estimate of drug-likeness (QED) is 0.150. The van der Waals surface area contributed by atoms with Crippen molar-refractivity contribution in [1.82, 2.24) is 0 Å². The highest BCUT2D eigenvalue weighted by Gasteiger charge is 2.05.